The van der Waals surface area contributed by atoms with E-state index >= 15 is 0 Å². The van der Waals surface area contributed by atoms with E-state index in [4.69, 9.17) is 16.3 Å². The Morgan fingerprint density at radius 2 is 1.86 bits per heavy atom. The number of aliphatic carboxylic acids is 1. The summed E-state index contributed by atoms with van der Waals surface area (Å²) in [6.07, 6.45) is -0.136. The third-order valence-corrected chi connectivity index (χ3v) is 5.25. The number of carboxylic acids is 1. The Morgan fingerprint density at radius 1 is 1.17 bits per heavy atom. The second-order valence-electron chi connectivity index (χ2n) is 8.17. The van der Waals surface area contributed by atoms with Crippen LogP contribution in [0.1, 0.15) is 31.9 Å². The lowest BCUT2D eigenvalue weighted by molar-refractivity contribution is -0.141. The Labute approximate surface area is 205 Å². The minimum Gasteiger partial charge on any atom is -0.490 e. The first-order valence-corrected chi connectivity index (χ1v) is 11.1. The van der Waals surface area contributed by atoms with Gasteiger partial charge in [0.15, 0.2) is 0 Å². The number of benzene rings is 2. The van der Waals surface area contributed by atoms with Gasteiger partial charge in [0, 0.05) is 11.6 Å². The van der Waals surface area contributed by atoms with Crippen LogP contribution in [0.15, 0.2) is 57.0 Å². The van der Waals surface area contributed by atoms with Crippen molar-refractivity contribution in [3.63, 3.8) is 0 Å². The third-order valence-electron chi connectivity index (χ3n) is 4.99. The quantitative estimate of drug-likeness (QED) is 0.489. The number of hydrogen-bond donors (Lipinski definition) is 2. The molecule has 0 saturated carbocycles. The number of H-pyrrole nitrogens is 1. The van der Waals surface area contributed by atoms with E-state index in [1.54, 1.807) is 36.4 Å². The maximum absolute atomic E-state index is 13.3. The Hall–Kier alpha value is -4.10. The normalized spacial score (nSPS) is 12.4. The molecule has 0 radical (unpaired) electrons. The summed E-state index contributed by atoms with van der Waals surface area (Å²) in [5.41, 5.74) is -0.318. The SMILES string of the molecule is CC(C)Oc1ccc(/N=c2\[nH]c(=O)n(C[C@H](C)C(=O)O)c(=O)n2Cc2ccc(Cl)cc2)cc1C#N. The molecule has 0 amide bonds. The first-order valence-electron chi connectivity index (χ1n) is 10.8. The van der Waals surface area contributed by atoms with Crippen molar-refractivity contribution < 1.29 is 14.6 Å². The molecule has 0 fully saturated rings. The molecule has 0 spiro atoms. The molecule has 2 aromatic carbocycles. The molecule has 0 bridgehead atoms. The average molecular weight is 498 g/mol. The number of carbonyl (C=O) groups is 1. The summed E-state index contributed by atoms with van der Waals surface area (Å²) in [7, 11) is 0. The number of rotatable bonds is 8. The zero-order valence-electron chi connectivity index (χ0n) is 19.4. The molecule has 11 heteroatoms. The highest BCUT2D eigenvalue weighted by Crippen LogP contribution is 2.24. The Morgan fingerprint density at radius 3 is 2.46 bits per heavy atom. The van der Waals surface area contributed by atoms with Gasteiger partial charge in [-0.25, -0.2) is 19.1 Å². The molecule has 0 aliphatic heterocycles. The molecule has 3 rings (SSSR count). The number of aromatic amines is 1. The molecule has 0 aliphatic rings. The van der Waals surface area contributed by atoms with E-state index in [9.17, 15) is 24.8 Å². The molecule has 1 heterocycles. The zero-order chi connectivity index (χ0) is 25.7. The Kier molecular flexibility index (Phi) is 7.94. The summed E-state index contributed by atoms with van der Waals surface area (Å²) in [6, 6.07) is 13.5. The molecule has 35 heavy (non-hydrogen) atoms. The monoisotopic (exact) mass is 497 g/mol. The van der Waals surface area contributed by atoms with Crippen LogP contribution in [0.4, 0.5) is 5.69 Å². The van der Waals surface area contributed by atoms with Crippen molar-refractivity contribution in [1.29, 1.82) is 5.26 Å². The van der Waals surface area contributed by atoms with Crippen molar-refractivity contribution in [3.8, 4) is 11.8 Å². The van der Waals surface area contributed by atoms with Crippen LogP contribution in [0, 0.1) is 17.2 Å². The number of carboxylic acid groups (broad SMARTS) is 1. The lowest BCUT2D eigenvalue weighted by Gasteiger charge is -2.13. The van der Waals surface area contributed by atoms with Gasteiger partial charge in [-0.05, 0) is 49.7 Å². The van der Waals surface area contributed by atoms with Gasteiger partial charge in [0.1, 0.15) is 11.8 Å². The van der Waals surface area contributed by atoms with Crippen LogP contribution >= 0.6 is 11.6 Å². The summed E-state index contributed by atoms with van der Waals surface area (Å²) < 4.78 is 7.68. The van der Waals surface area contributed by atoms with E-state index in [0.717, 1.165) is 4.57 Å². The predicted molar refractivity (Wildman–Crippen MR) is 129 cm³/mol. The summed E-state index contributed by atoms with van der Waals surface area (Å²) in [4.78, 5) is 44.3. The summed E-state index contributed by atoms with van der Waals surface area (Å²) >= 11 is 5.96. The van der Waals surface area contributed by atoms with E-state index in [2.05, 4.69) is 16.0 Å². The summed E-state index contributed by atoms with van der Waals surface area (Å²) in [5.74, 6) is -1.71. The molecule has 1 aromatic heterocycles. The lowest BCUT2D eigenvalue weighted by atomic mass is 10.2. The van der Waals surface area contributed by atoms with Crippen molar-refractivity contribution >= 4 is 23.3 Å². The molecule has 1 atom stereocenters. The zero-order valence-corrected chi connectivity index (χ0v) is 20.1. The highest BCUT2D eigenvalue weighted by atomic mass is 35.5. The number of nitrogens with zero attached hydrogens (tertiary/aromatic N) is 4. The second kappa shape index (κ2) is 10.9. The van der Waals surface area contributed by atoms with E-state index in [-0.39, 0.29) is 30.4 Å². The smallest absolute Gasteiger partial charge is 0.335 e. The number of nitriles is 1. The van der Waals surface area contributed by atoms with Crippen LogP contribution in [0.3, 0.4) is 0 Å². The van der Waals surface area contributed by atoms with Crippen molar-refractivity contribution in [2.75, 3.05) is 0 Å². The van der Waals surface area contributed by atoms with E-state index < -0.39 is 23.3 Å². The molecule has 182 valence electrons. The largest absolute Gasteiger partial charge is 0.490 e. The molecule has 0 aliphatic carbocycles. The molecular formula is C24H24ClN5O5. The van der Waals surface area contributed by atoms with Gasteiger partial charge in [-0.15, -0.1) is 0 Å². The van der Waals surface area contributed by atoms with Crippen LogP contribution in [-0.2, 0) is 17.9 Å². The number of aromatic nitrogens is 3. The fourth-order valence-corrected chi connectivity index (χ4v) is 3.35. The lowest BCUT2D eigenvalue weighted by Crippen LogP contribution is -2.51. The van der Waals surface area contributed by atoms with Gasteiger partial charge in [0.05, 0.1) is 29.8 Å². The number of ether oxygens (including phenoxy) is 1. The highest BCUT2D eigenvalue weighted by Gasteiger charge is 2.17. The Balaban J connectivity index is 2.19. The van der Waals surface area contributed by atoms with Gasteiger partial charge in [0.2, 0.25) is 5.62 Å². The Bertz CT molecular complexity index is 1460. The van der Waals surface area contributed by atoms with Crippen LogP contribution in [0.5, 0.6) is 5.75 Å². The molecule has 3 aromatic rings. The van der Waals surface area contributed by atoms with Crippen molar-refractivity contribution in [1.82, 2.24) is 14.1 Å². The van der Waals surface area contributed by atoms with E-state index in [0.29, 0.717) is 22.0 Å². The maximum atomic E-state index is 13.3. The topological polar surface area (TPSA) is 142 Å². The number of halogens is 1. The van der Waals surface area contributed by atoms with Crippen LogP contribution in [0.2, 0.25) is 5.02 Å². The molecule has 0 unspecified atom stereocenters. The third kappa shape index (κ3) is 6.28. The van der Waals surface area contributed by atoms with Crippen LogP contribution in [0.25, 0.3) is 0 Å². The fraction of sp³-hybridized carbons (Fsp3) is 0.292. The van der Waals surface area contributed by atoms with Crippen molar-refractivity contribution in [2.45, 2.75) is 40.0 Å². The minimum absolute atomic E-state index is 0.0344. The van der Waals surface area contributed by atoms with Crippen LogP contribution in [-0.4, -0.2) is 31.3 Å². The van der Waals surface area contributed by atoms with Gasteiger partial charge in [0.25, 0.3) is 0 Å². The highest BCUT2D eigenvalue weighted by molar-refractivity contribution is 6.30. The van der Waals surface area contributed by atoms with Gasteiger partial charge in [-0.1, -0.05) is 30.7 Å². The molecule has 10 nitrogen and oxygen atoms in total. The molecule has 0 saturated heterocycles. The second-order valence-corrected chi connectivity index (χ2v) is 8.61. The number of nitrogens with one attached hydrogen (secondary N) is 1. The number of hydrogen-bond acceptors (Lipinski definition) is 6. The van der Waals surface area contributed by atoms with Crippen LogP contribution < -0.4 is 21.7 Å². The first-order chi connectivity index (χ1) is 16.6. The summed E-state index contributed by atoms with van der Waals surface area (Å²) in [5, 5.41) is 19.2. The molecule has 2 N–H and O–H groups in total. The maximum Gasteiger partial charge on any atom is 0.335 e. The minimum atomic E-state index is -1.14. The summed E-state index contributed by atoms with van der Waals surface area (Å²) in [6.45, 7) is 4.80. The average Bonchev–Trinajstić information content (AvgIpc) is 2.80. The standard InChI is InChI=1S/C24H24ClN5O5/c1-14(2)35-20-9-8-19(10-17(20)11-26)27-22-28-23(33)30(12-15(3)21(31)32)24(34)29(22)13-16-4-6-18(25)7-5-16/h4-10,14-15H,12-13H2,1-3H3,(H,31,32)(H,27,28,33)/t15-/m0/s1. The van der Waals surface area contributed by atoms with Crippen molar-refractivity contribution in [2.24, 2.45) is 10.9 Å². The van der Waals surface area contributed by atoms with Gasteiger partial charge >= 0.3 is 17.3 Å². The van der Waals surface area contributed by atoms with Gasteiger partial charge < -0.3 is 9.84 Å². The van der Waals surface area contributed by atoms with E-state index in [1.165, 1.54) is 17.6 Å². The first kappa shape index (κ1) is 25.5. The van der Waals surface area contributed by atoms with Crippen molar-refractivity contribution in [3.05, 3.63) is 85.2 Å². The fourth-order valence-electron chi connectivity index (χ4n) is 3.22. The molecular weight excluding hydrogens is 474 g/mol. The van der Waals surface area contributed by atoms with E-state index in [1.807, 2.05) is 13.8 Å². The predicted octanol–water partition coefficient (Wildman–Crippen LogP) is 2.65. The van der Waals surface area contributed by atoms with Gasteiger partial charge in [-0.3, -0.25) is 14.3 Å². The van der Waals surface area contributed by atoms with Gasteiger partial charge in [-0.2, -0.15) is 5.26 Å².